The molecule has 0 saturated heterocycles. The number of halogens is 2. The fraction of sp³-hybridized carbons (Fsp3) is 0.300. The monoisotopic (exact) mass is 362 g/mol. The maximum absolute atomic E-state index is 6.21. The molecular formula is C20H20Cl2O2. The molecule has 3 rings (SSSR count). The summed E-state index contributed by atoms with van der Waals surface area (Å²) in [5, 5.41) is 1.27. The van der Waals surface area contributed by atoms with Gasteiger partial charge in [0.2, 0.25) is 0 Å². The second-order valence-electron chi connectivity index (χ2n) is 5.90. The summed E-state index contributed by atoms with van der Waals surface area (Å²) in [6.45, 7) is 0. The summed E-state index contributed by atoms with van der Waals surface area (Å²) in [6, 6.07) is 11.4. The van der Waals surface area contributed by atoms with E-state index < -0.39 is 0 Å². The number of hydrogen-bond acceptors (Lipinski definition) is 2. The molecule has 126 valence electrons. The van der Waals surface area contributed by atoms with Crippen LogP contribution in [0, 0.1) is 0 Å². The second-order valence-corrected chi connectivity index (χ2v) is 6.72. The molecule has 0 aromatic heterocycles. The number of hydrogen-bond donors (Lipinski definition) is 0. The Balaban J connectivity index is 1.84. The minimum absolute atomic E-state index is 0.288. The fourth-order valence-electron chi connectivity index (χ4n) is 2.92. The van der Waals surface area contributed by atoms with Crippen LogP contribution in [-0.2, 0) is 0 Å². The highest BCUT2D eigenvalue weighted by molar-refractivity contribution is 6.37. The predicted molar refractivity (Wildman–Crippen MR) is 101 cm³/mol. The van der Waals surface area contributed by atoms with Crippen LogP contribution in [0.25, 0.3) is 12.2 Å². The van der Waals surface area contributed by atoms with Gasteiger partial charge in [-0.25, -0.2) is 0 Å². The molecule has 2 aromatic carbocycles. The van der Waals surface area contributed by atoms with E-state index >= 15 is 0 Å². The van der Waals surface area contributed by atoms with E-state index in [0.29, 0.717) is 10.0 Å². The first-order valence-electron chi connectivity index (χ1n) is 8.14. The summed E-state index contributed by atoms with van der Waals surface area (Å²) in [5.74, 6) is 1.55. The van der Waals surface area contributed by atoms with E-state index in [9.17, 15) is 0 Å². The summed E-state index contributed by atoms with van der Waals surface area (Å²) >= 11 is 12.4. The van der Waals surface area contributed by atoms with Gasteiger partial charge in [0.25, 0.3) is 0 Å². The summed E-state index contributed by atoms with van der Waals surface area (Å²) in [7, 11) is 1.66. The third-order valence-electron chi connectivity index (χ3n) is 4.23. The zero-order valence-corrected chi connectivity index (χ0v) is 15.1. The molecule has 1 fully saturated rings. The highest BCUT2D eigenvalue weighted by atomic mass is 35.5. The van der Waals surface area contributed by atoms with Gasteiger partial charge in [-0.15, -0.1) is 0 Å². The molecule has 4 heteroatoms. The average Bonchev–Trinajstić information content (AvgIpc) is 3.08. The molecule has 0 atom stereocenters. The molecule has 0 N–H and O–H groups in total. The first-order valence-corrected chi connectivity index (χ1v) is 8.90. The Morgan fingerprint density at radius 2 is 1.67 bits per heavy atom. The lowest BCUT2D eigenvalue weighted by molar-refractivity contribution is 0.201. The molecule has 0 heterocycles. The lowest BCUT2D eigenvalue weighted by Crippen LogP contribution is -2.11. The van der Waals surface area contributed by atoms with E-state index in [-0.39, 0.29) is 6.10 Å². The molecule has 0 unspecified atom stereocenters. The van der Waals surface area contributed by atoms with Crippen LogP contribution in [0.4, 0.5) is 0 Å². The van der Waals surface area contributed by atoms with Crippen molar-refractivity contribution in [1.29, 1.82) is 0 Å². The Morgan fingerprint density at radius 3 is 2.33 bits per heavy atom. The second kappa shape index (κ2) is 7.96. The van der Waals surface area contributed by atoms with E-state index in [1.54, 1.807) is 7.11 Å². The van der Waals surface area contributed by atoms with Gasteiger partial charge in [-0.05, 0) is 55.5 Å². The minimum Gasteiger partial charge on any atom is -0.493 e. The molecule has 0 amide bonds. The van der Waals surface area contributed by atoms with Gasteiger partial charge in [0.15, 0.2) is 11.5 Å². The third-order valence-corrected chi connectivity index (χ3v) is 4.88. The molecule has 1 aliphatic carbocycles. The van der Waals surface area contributed by atoms with Gasteiger partial charge < -0.3 is 9.47 Å². The van der Waals surface area contributed by atoms with E-state index in [1.807, 2.05) is 48.6 Å². The van der Waals surface area contributed by atoms with Crippen molar-refractivity contribution in [3.05, 3.63) is 57.6 Å². The number of ether oxygens (including phenoxy) is 2. The van der Waals surface area contributed by atoms with Crippen LogP contribution in [0.2, 0.25) is 10.0 Å². The van der Waals surface area contributed by atoms with E-state index in [1.165, 1.54) is 12.8 Å². The molecule has 0 bridgehead atoms. The van der Waals surface area contributed by atoms with Crippen LogP contribution >= 0.6 is 23.2 Å². The van der Waals surface area contributed by atoms with Crippen molar-refractivity contribution >= 4 is 35.4 Å². The van der Waals surface area contributed by atoms with Gasteiger partial charge in [0.1, 0.15) is 0 Å². The van der Waals surface area contributed by atoms with Gasteiger partial charge in [-0.3, -0.25) is 0 Å². The highest BCUT2D eigenvalue weighted by Crippen LogP contribution is 2.33. The molecule has 1 saturated carbocycles. The lowest BCUT2D eigenvalue weighted by atomic mass is 10.1. The van der Waals surface area contributed by atoms with Crippen molar-refractivity contribution in [1.82, 2.24) is 0 Å². The third kappa shape index (κ3) is 4.06. The Bertz CT molecular complexity index is 714. The average molecular weight is 363 g/mol. The molecular weight excluding hydrogens is 343 g/mol. The Hall–Kier alpha value is -1.64. The summed E-state index contributed by atoms with van der Waals surface area (Å²) in [4.78, 5) is 0. The highest BCUT2D eigenvalue weighted by Gasteiger charge is 2.18. The van der Waals surface area contributed by atoms with Crippen LogP contribution in [0.1, 0.15) is 36.8 Å². The number of benzene rings is 2. The molecule has 24 heavy (non-hydrogen) atoms. The summed E-state index contributed by atoms with van der Waals surface area (Å²) < 4.78 is 11.5. The molecule has 0 aliphatic heterocycles. The van der Waals surface area contributed by atoms with Gasteiger partial charge in [-0.1, -0.05) is 47.5 Å². The SMILES string of the molecule is COc1ccc(C=Cc2c(Cl)cccc2Cl)cc1OC1CCCC1. The molecule has 0 radical (unpaired) electrons. The van der Waals surface area contributed by atoms with Crippen LogP contribution in [0.3, 0.4) is 0 Å². The van der Waals surface area contributed by atoms with Gasteiger partial charge >= 0.3 is 0 Å². The van der Waals surface area contributed by atoms with Crippen molar-refractivity contribution in [2.75, 3.05) is 7.11 Å². The Morgan fingerprint density at radius 1 is 0.958 bits per heavy atom. The molecule has 2 nitrogen and oxygen atoms in total. The first-order chi connectivity index (χ1) is 11.7. The summed E-state index contributed by atoms with van der Waals surface area (Å²) in [6.07, 6.45) is 8.88. The topological polar surface area (TPSA) is 18.5 Å². The van der Waals surface area contributed by atoms with Crippen LogP contribution in [0.15, 0.2) is 36.4 Å². The largest absolute Gasteiger partial charge is 0.493 e. The standard InChI is InChI=1S/C20H20Cl2O2/c1-23-19-12-10-14(13-20(19)24-15-5-2-3-6-15)9-11-16-17(21)7-4-8-18(16)22/h4,7-13,15H,2-3,5-6H2,1H3. The summed E-state index contributed by atoms with van der Waals surface area (Å²) in [5.41, 5.74) is 1.83. The number of methoxy groups -OCH3 is 1. The van der Waals surface area contributed by atoms with E-state index in [4.69, 9.17) is 32.7 Å². The van der Waals surface area contributed by atoms with Crippen LogP contribution in [0.5, 0.6) is 11.5 Å². The quantitative estimate of drug-likeness (QED) is 0.565. The van der Waals surface area contributed by atoms with Crippen molar-refractivity contribution in [2.24, 2.45) is 0 Å². The fourth-order valence-corrected chi connectivity index (χ4v) is 3.45. The predicted octanol–water partition coefficient (Wildman–Crippen LogP) is 6.49. The Labute approximate surface area is 153 Å². The maximum atomic E-state index is 6.21. The number of rotatable bonds is 5. The Kier molecular flexibility index (Phi) is 5.70. The zero-order chi connectivity index (χ0) is 16.9. The van der Waals surface area contributed by atoms with Crippen LogP contribution < -0.4 is 9.47 Å². The van der Waals surface area contributed by atoms with Gasteiger partial charge in [0.05, 0.1) is 13.2 Å². The smallest absolute Gasteiger partial charge is 0.162 e. The van der Waals surface area contributed by atoms with Crippen molar-refractivity contribution < 1.29 is 9.47 Å². The molecule has 2 aromatic rings. The van der Waals surface area contributed by atoms with Gasteiger partial charge in [0, 0.05) is 15.6 Å². The van der Waals surface area contributed by atoms with Gasteiger partial charge in [-0.2, -0.15) is 0 Å². The molecule has 1 aliphatic rings. The van der Waals surface area contributed by atoms with Crippen molar-refractivity contribution in [3.63, 3.8) is 0 Å². The van der Waals surface area contributed by atoms with E-state index in [0.717, 1.165) is 35.5 Å². The zero-order valence-electron chi connectivity index (χ0n) is 13.6. The normalized spacial score (nSPS) is 15.1. The van der Waals surface area contributed by atoms with Crippen molar-refractivity contribution in [2.45, 2.75) is 31.8 Å². The molecule has 0 spiro atoms. The first kappa shape index (κ1) is 17.2. The van der Waals surface area contributed by atoms with E-state index in [2.05, 4.69) is 0 Å². The maximum Gasteiger partial charge on any atom is 0.162 e. The minimum atomic E-state index is 0.288. The van der Waals surface area contributed by atoms with Crippen LogP contribution in [-0.4, -0.2) is 13.2 Å². The lowest BCUT2D eigenvalue weighted by Gasteiger charge is -2.16. The van der Waals surface area contributed by atoms with Crippen molar-refractivity contribution in [3.8, 4) is 11.5 Å².